The molecule has 5 nitrogen and oxygen atoms in total. The average Bonchev–Trinajstić information content (AvgIpc) is 3.57. The summed E-state index contributed by atoms with van der Waals surface area (Å²) in [5.41, 5.74) is 3.94. The highest BCUT2D eigenvalue weighted by Gasteiger charge is 2.15. The molecule has 0 aliphatic heterocycles. The Kier molecular flexibility index (Phi) is 6.76. The van der Waals surface area contributed by atoms with Crippen molar-refractivity contribution in [1.29, 1.82) is 0 Å². The van der Waals surface area contributed by atoms with Crippen LogP contribution in [0.25, 0.3) is 34.3 Å². The van der Waals surface area contributed by atoms with Crippen LogP contribution in [0.15, 0.2) is 102 Å². The number of benzene rings is 3. The molecule has 5 aromatic rings. The van der Waals surface area contributed by atoms with Crippen molar-refractivity contribution < 1.29 is 13.9 Å². The molecule has 0 spiro atoms. The molecule has 0 radical (unpaired) electrons. The van der Waals surface area contributed by atoms with Crippen LogP contribution in [0.4, 0.5) is 0 Å². The Hall–Kier alpha value is -4.06. The van der Waals surface area contributed by atoms with Crippen molar-refractivity contribution in [2.75, 3.05) is 7.11 Å². The summed E-state index contributed by atoms with van der Waals surface area (Å²) in [5, 5.41) is 5.80. The van der Waals surface area contributed by atoms with Gasteiger partial charge in [0.05, 0.1) is 23.5 Å². The van der Waals surface area contributed by atoms with E-state index in [-0.39, 0.29) is 11.5 Å². The number of para-hydroxylation sites is 1. The molecule has 0 bridgehead atoms. The van der Waals surface area contributed by atoms with Crippen molar-refractivity contribution in [2.24, 2.45) is 0 Å². The lowest BCUT2D eigenvalue weighted by Crippen LogP contribution is -1.94. The predicted molar refractivity (Wildman–Crippen MR) is 143 cm³/mol. The number of allylic oxidation sites excluding steroid dienone is 1. The van der Waals surface area contributed by atoms with Crippen molar-refractivity contribution >= 4 is 35.1 Å². The van der Waals surface area contributed by atoms with Crippen LogP contribution in [-0.2, 0) is 0 Å². The number of nitrogens with zero attached hydrogens (tertiary/aromatic N) is 2. The van der Waals surface area contributed by atoms with Gasteiger partial charge >= 0.3 is 0 Å². The van der Waals surface area contributed by atoms with Crippen LogP contribution in [0.1, 0.15) is 16.1 Å². The second-order valence-electron chi connectivity index (χ2n) is 7.93. The van der Waals surface area contributed by atoms with Gasteiger partial charge in [0.1, 0.15) is 11.5 Å². The fourth-order valence-electron chi connectivity index (χ4n) is 3.74. The Bertz CT molecular complexity index is 1550. The summed E-state index contributed by atoms with van der Waals surface area (Å²) in [4.78, 5) is 12.9. The van der Waals surface area contributed by atoms with E-state index >= 15 is 0 Å². The lowest BCUT2D eigenvalue weighted by molar-refractivity contribution is 0.102. The number of aromatic nitrogens is 2. The number of furan rings is 1. The van der Waals surface area contributed by atoms with Crippen LogP contribution in [0.5, 0.6) is 5.75 Å². The second kappa shape index (κ2) is 10.3. The summed E-state index contributed by atoms with van der Waals surface area (Å²) >= 11 is 12.4. The monoisotopic (exact) mass is 514 g/mol. The molecule has 7 heteroatoms. The second-order valence-corrected chi connectivity index (χ2v) is 8.77. The van der Waals surface area contributed by atoms with Gasteiger partial charge in [0.15, 0.2) is 5.76 Å². The van der Waals surface area contributed by atoms with E-state index in [9.17, 15) is 4.79 Å². The highest BCUT2D eigenvalue weighted by Crippen LogP contribution is 2.32. The van der Waals surface area contributed by atoms with Crippen molar-refractivity contribution in [3.63, 3.8) is 0 Å². The maximum Gasteiger partial charge on any atom is 0.221 e. The van der Waals surface area contributed by atoms with Crippen molar-refractivity contribution in [2.45, 2.75) is 0 Å². The summed E-state index contributed by atoms with van der Waals surface area (Å²) in [6.45, 7) is 0. The Morgan fingerprint density at radius 1 is 0.972 bits per heavy atom. The normalized spacial score (nSPS) is 11.2. The number of hydrogen-bond donors (Lipinski definition) is 0. The molecule has 2 aromatic heterocycles. The van der Waals surface area contributed by atoms with E-state index in [0.29, 0.717) is 21.4 Å². The third-order valence-electron chi connectivity index (χ3n) is 5.58. The van der Waals surface area contributed by atoms with E-state index in [4.69, 9.17) is 37.5 Å². The first-order valence-electron chi connectivity index (χ1n) is 11.1. The van der Waals surface area contributed by atoms with E-state index < -0.39 is 0 Å². The number of hydrogen-bond acceptors (Lipinski definition) is 4. The molecule has 0 amide bonds. The zero-order valence-corrected chi connectivity index (χ0v) is 20.7. The van der Waals surface area contributed by atoms with Gasteiger partial charge in [0, 0.05) is 27.9 Å². The molecule has 0 saturated carbocycles. The standard InChI is InChI=1S/C29H20Cl2N2O3/c1-35-23-11-7-19(8-12-23)29-20(18-33(32-29)22-5-3-2-4-6-22)9-14-26(34)28-16-15-27(36-28)24-17-21(30)10-13-25(24)31/h2-18H,1H3. The highest BCUT2D eigenvalue weighted by molar-refractivity contribution is 6.35. The van der Waals surface area contributed by atoms with Crippen molar-refractivity contribution in [3.05, 3.63) is 119 Å². The van der Waals surface area contributed by atoms with Crippen LogP contribution >= 0.6 is 23.2 Å². The molecule has 36 heavy (non-hydrogen) atoms. The summed E-state index contributed by atoms with van der Waals surface area (Å²) in [6, 6.07) is 25.8. The fraction of sp³-hybridized carbons (Fsp3) is 0.0345. The third-order valence-corrected chi connectivity index (χ3v) is 6.15. The van der Waals surface area contributed by atoms with Gasteiger partial charge in [-0.3, -0.25) is 4.79 Å². The summed E-state index contributed by atoms with van der Waals surface area (Å²) < 4.78 is 12.9. The number of methoxy groups -OCH3 is 1. The molecule has 0 atom stereocenters. The van der Waals surface area contributed by atoms with Crippen LogP contribution in [-0.4, -0.2) is 22.7 Å². The summed E-state index contributed by atoms with van der Waals surface area (Å²) in [6.07, 6.45) is 5.10. The lowest BCUT2D eigenvalue weighted by Gasteiger charge is -2.02. The number of ether oxygens (including phenoxy) is 1. The number of halogens is 2. The van der Waals surface area contributed by atoms with Gasteiger partial charge < -0.3 is 9.15 Å². The Labute approximate surface area is 218 Å². The van der Waals surface area contributed by atoms with Crippen LogP contribution < -0.4 is 4.74 Å². The van der Waals surface area contributed by atoms with Gasteiger partial charge in [-0.25, -0.2) is 4.68 Å². The number of ketones is 1. The molecule has 5 rings (SSSR count). The van der Waals surface area contributed by atoms with Gasteiger partial charge in [-0.15, -0.1) is 0 Å². The molecular formula is C29H20Cl2N2O3. The van der Waals surface area contributed by atoms with E-state index in [2.05, 4.69) is 0 Å². The predicted octanol–water partition coefficient (Wildman–Crippen LogP) is 8.01. The van der Waals surface area contributed by atoms with Gasteiger partial charge in [-0.2, -0.15) is 5.10 Å². The van der Waals surface area contributed by atoms with Crippen LogP contribution in [0, 0.1) is 0 Å². The SMILES string of the molecule is COc1ccc(-c2nn(-c3ccccc3)cc2C=CC(=O)c2ccc(-c3cc(Cl)ccc3Cl)o2)cc1. The smallest absolute Gasteiger partial charge is 0.221 e. The van der Waals surface area contributed by atoms with Crippen molar-refractivity contribution in [1.82, 2.24) is 9.78 Å². The number of rotatable bonds is 7. The first kappa shape index (κ1) is 23.7. The zero-order chi connectivity index (χ0) is 25.1. The van der Waals surface area contributed by atoms with Gasteiger partial charge in [-0.05, 0) is 78.9 Å². The summed E-state index contributed by atoms with van der Waals surface area (Å²) in [5.74, 6) is 1.13. The molecule has 0 aliphatic carbocycles. The molecule has 0 saturated heterocycles. The van der Waals surface area contributed by atoms with Gasteiger partial charge in [0.25, 0.3) is 0 Å². The van der Waals surface area contributed by atoms with E-state index in [1.165, 1.54) is 6.08 Å². The third kappa shape index (κ3) is 4.98. The van der Waals surface area contributed by atoms with Crippen LogP contribution in [0.3, 0.4) is 0 Å². The molecule has 0 N–H and O–H groups in total. The lowest BCUT2D eigenvalue weighted by atomic mass is 10.1. The quantitative estimate of drug-likeness (QED) is 0.163. The van der Waals surface area contributed by atoms with Crippen molar-refractivity contribution in [3.8, 4) is 34.0 Å². The fourth-order valence-corrected chi connectivity index (χ4v) is 4.13. The Morgan fingerprint density at radius 3 is 2.50 bits per heavy atom. The topological polar surface area (TPSA) is 57.3 Å². The number of carbonyl (C=O) groups excluding carboxylic acids is 1. The maximum absolute atomic E-state index is 12.9. The molecule has 0 unspecified atom stereocenters. The minimum absolute atomic E-state index is 0.193. The molecule has 3 aromatic carbocycles. The molecule has 178 valence electrons. The summed E-state index contributed by atoms with van der Waals surface area (Å²) in [7, 11) is 1.62. The Morgan fingerprint density at radius 2 is 1.75 bits per heavy atom. The first-order valence-corrected chi connectivity index (χ1v) is 11.8. The molecule has 0 fully saturated rings. The highest BCUT2D eigenvalue weighted by atomic mass is 35.5. The average molecular weight is 515 g/mol. The van der Waals surface area contributed by atoms with E-state index in [1.54, 1.807) is 48.2 Å². The first-order chi connectivity index (χ1) is 17.5. The van der Waals surface area contributed by atoms with E-state index in [1.807, 2.05) is 60.8 Å². The molecule has 2 heterocycles. The minimum atomic E-state index is -0.285. The molecule has 0 aliphatic rings. The number of carbonyl (C=O) groups is 1. The maximum atomic E-state index is 12.9. The largest absolute Gasteiger partial charge is 0.497 e. The minimum Gasteiger partial charge on any atom is -0.497 e. The van der Waals surface area contributed by atoms with E-state index in [0.717, 1.165) is 28.3 Å². The van der Waals surface area contributed by atoms with Crippen LogP contribution in [0.2, 0.25) is 10.0 Å². The van der Waals surface area contributed by atoms with Gasteiger partial charge in [-0.1, -0.05) is 41.4 Å². The van der Waals surface area contributed by atoms with Gasteiger partial charge in [0.2, 0.25) is 5.78 Å². The molecular weight excluding hydrogens is 495 g/mol. The zero-order valence-electron chi connectivity index (χ0n) is 19.2. The Balaban J connectivity index is 1.46.